The second-order valence-electron chi connectivity index (χ2n) is 5.04. The number of benzene rings is 2. The van der Waals surface area contributed by atoms with Crippen LogP contribution in [0.5, 0.6) is 11.5 Å². The summed E-state index contributed by atoms with van der Waals surface area (Å²) in [6.45, 7) is 0. The van der Waals surface area contributed by atoms with Gasteiger partial charge in [-0.05, 0) is 53.8 Å². The summed E-state index contributed by atoms with van der Waals surface area (Å²) < 4.78 is 10.4. The molecule has 0 spiro atoms. The van der Waals surface area contributed by atoms with Gasteiger partial charge in [0.1, 0.15) is 0 Å². The van der Waals surface area contributed by atoms with E-state index in [9.17, 15) is 4.79 Å². The van der Waals surface area contributed by atoms with Gasteiger partial charge < -0.3 is 9.47 Å². The van der Waals surface area contributed by atoms with Crippen LogP contribution in [0.3, 0.4) is 0 Å². The minimum atomic E-state index is -0.214. The topological polar surface area (TPSA) is 59.9 Å². The van der Waals surface area contributed by atoms with Crippen molar-refractivity contribution >= 4 is 35.5 Å². The second kappa shape index (κ2) is 9.34. The Bertz CT molecular complexity index is 781. The highest BCUT2D eigenvalue weighted by Crippen LogP contribution is 2.27. The first kappa shape index (κ1) is 19.1. The van der Waals surface area contributed by atoms with Crippen LogP contribution >= 0.6 is 23.4 Å². The van der Waals surface area contributed by atoms with Crippen molar-refractivity contribution in [2.45, 2.75) is 11.3 Å². The Kier molecular flexibility index (Phi) is 7.16. The highest BCUT2D eigenvalue weighted by molar-refractivity contribution is 7.98. The lowest BCUT2D eigenvalue weighted by Gasteiger charge is -2.08. The Labute approximate surface area is 156 Å². The highest BCUT2D eigenvalue weighted by Gasteiger charge is 2.08. The van der Waals surface area contributed by atoms with Crippen molar-refractivity contribution in [3.8, 4) is 11.5 Å². The standard InChI is InChI=1S/C18H19ClN2O3S/c1-23-15-6-4-12(8-16(15)24-2)11-20-21-18(22)10-13-9-14(19)5-7-17(13)25-3/h4-9,11H,10H2,1-3H3,(H,21,22)/b20-11-. The van der Waals surface area contributed by atoms with Crippen molar-refractivity contribution in [1.29, 1.82) is 0 Å². The van der Waals surface area contributed by atoms with E-state index in [4.69, 9.17) is 21.1 Å². The Morgan fingerprint density at radius 2 is 1.96 bits per heavy atom. The minimum absolute atomic E-state index is 0.208. The Hall–Kier alpha value is -2.18. The van der Waals surface area contributed by atoms with Crippen LogP contribution in [-0.2, 0) is 11.2 Å². The molecule has 1 amide bonds. The molecular formula is C18H19ClN2O3S. The van der Waals surface area contributed by atoms with Gasteiger partial charge in [-0.2, -0.15) is 5.10 Å². The number of hydrazone groups is 1. The fourth-order valence-electron chi connectivity index (χ4n) is 2.21. The molecule has 0 radical (unpaired) electrons. The Morgan fingerprint density at radius 3 is 2.64 bits per heavy atom. The van der Waals surface area contributed by atoms with Gasteiger partial charge in [-0.25, -0.2) is 5.43 Å². The number of nitrogens with zero attached hydrogens (tertiary/aromatic N) is 1. The van der Waals surface area contributed by atoms with E-state index in [1.165, 1.54) is 0 Å². The number of thioether (sulfide) groups is 1. The van der Waals surface area contributed by atoms with E-state index in [1.54, 1.807) is 50.4 Å². The zero-order valence-corrected chi connectivity index (χ0v) is 15.8. The predicted octanol–water partition coefficient (Wildman–Crippen LogP) is 3.77. The molecule has 2 aromatic carbocycles. The minimum Gasteiger partial charge on any atom is -0.493 e. The number of rotatable bonds is 7. The lowest BCUT2D eigenvalue weighted by Crippen LogP contribution is -2.20. The predicted molar refractivity (Wildman–Crippen MR) is 102 cm³/mol. The Balaban J connectivity index is 2.00. The van der Waals surface area contributed by atoms with Gasteiger partial charge in [-0.1, -0.05) is 11.6 Å². The van der Waals surface area contributed by atoms with Gasteiger partial charge in [-0.3, -0.25) is 4.79 Å². The molecular weight excluding hydrogens is 360 g/mol. The number of nitrogens with one attached hydrogen (secondary N) is 1. The third-order valence-corrected chi connectivity index (χ3v) is 4.48. The summed E-state index contributed by atoms with van der Waals surface area (Å²) in [7, 11) is 3.14. The molecule has 0 fully saturated rings. The molecule has 0 aliphatic heterocycles. The maximum atomic E-state index is 12.1. The SMILES string of the molecule is COc1ccc(/C=N\NC(=O)Cc2cc(Cl)ccc2SC)cc1OC. The van der Waals surface area contributed by atoms with Gasteiger partial charge in [0.05, 0.1) is 26.9 Å². The van der Waals surface area contributed by atoms with Gasteiger partial charge in [0.25, 0.3) is 0 Å². The van der Waals surface area contributed by atoms with Gasteiger partial charge in [0.15, 0.2) is 11.5 Å². The van der Waals surface area contributed by atoms with Gasteiger partial charge in [0, 0.05) is 9.92 Å². The maximum absolute atomic E-state index is 12.1. The van der Waals surface area contributed by atoms with E-state index in [0.717, 1.165) is 16.0 Å². The van der Waals surface area contributed by atoms with Crippen molar-refractivity contribution in [2.24, 2.45) is 5.10 Å². The third-order valence-electron chi connectivity index (χ3n) is 3.40. The summed E-state index contributed by atoms with van der Waals surface area (Å²) in [5.74, 6) is 1.02. The normalized spacial score (nSPS) is 10.7. The van der Waals surface area contributed by atoms with Crippen molar-refractivity contribution in [3.63, 3.8) is 0 Å². The summed E-state index contributed by atoms with van der Waals surface area (Å²) in [5, 5.41) is 4.59. The summed E-state index contributed by atoms with van der Waals surface area (Å²) in [5.41, 5.74) is 4.18. The number of carbonyl (C=O) groups is 1. The molecule has 0 aliphatic rings. The molecule has 0 atom stereocenters. The smallest absolute Gasteiger partial charge is 0.244 e. The zero-order valence-electron chi connectivity index (χ0n) is 14.2. The highest BCUT2D eigenvalue weighted by atomic mass is 35.5. The molecule has 0 unspecified atom stereocenters. The lowest BCUT2D eigenvalue weighted by molar-refractivity contribution is -0.120. The number of halogens is 1. The van der Waals surface area contributed by atoms with Crippen molar-refractivity contribution < 1.29 is 14.3 Å². The number of methoxy groups -OCH3 is 2. The van der Waals surface area contributed by atoms with Crippen molar-refractivity contribution in [2.75, 3.05) is 20.5 Å². The van der Waals surface area contributed by atoms with Gasteiger partial charge >= 0.3 is 0 Å². The van der Waals surface area contributed by atoms with Gasteiger partial charge in [0.2, 0.25) is 5.91 Å². The molecule has 2 aromatic rings. The summed E-state index contributed by atoms with van der Waals surface area (Å²) in [4.78, 5) is 13.1. The molecule has 0 saturated heterocycles. The number of hydrogen-bond acceptors (Lipinski definition) is 5. The van der Waals surface area contributed by atoms with Crippen LogP contribution in [0.15, 0.2) is 46.4 Å². The first-order valence-electron chi connectivity index (χ1n) is 7.43. The van der Waals surface area contributed by atoms with Crippen molar-refractivity contribution in [1.82, 2.24) is 5.43 Å². The van der Waals surface area contributed by atoms with Gasteiger partial charge in [-0.15, -0.1) is 11.8 Å². The molecule has 7 heteroatoms. The van der Waals surface area contributed by atoms with Crippen LogP contribution < -0.4 is 14.9 Å². The second-order valence-corrected chi connectivity index (χ2v) is 6.33. The molecule has 0 saturated carbocycles. The molecule has 25 heavy (non-hydrogen) atoms. The molecule has 0 aliphatic carbocycles. The summed E-state index contributed by atoms with van der Waals surface area (Å²) >= 11 is 7.57. The first-order valence-corrected chi connectivity index (χ1v) is 9.04. The zero-order chi connectivity index (χ0) is 18.2. The van der Waals surface area contributed by atoms with Crippen LogP contribution in [0, 0.1) is 0 Å². The summed E-state index contributed by atoms with van der Waals surface area (Å²) in [6, 6.07) is 10.9. The number of carbonyl (C=O) groups excluding carboxylic acids is 1. The average Bonchev–Trinajstić information content (AvgIpc) is 2.61. The maximum Gasteiger partial charge on any atom is 0.244 e. The Morgan fingerprint density at radius 1 is 1.20 bits per heavy atom. The molecule has 1 N–H and O–H groups in total. The van der Waals surface area contributed by atoms with E-state index in [1.807, 2.05) is 24.5 Å². The van der Waals surface area contributed by atoms with Crippen LogP contribution in [0.1, 0.15) is 11.1 Å². The number of hydrogen-bond donors (Lipinski definition) is 1. The lowest BCUT2D eigenvalue weighted by atomic mass is 10.1. The fourth-order valence-corrected chi connectivity index (χ4v) is 3.00. The largest absolute Gasteiger partial charge is 0.493 e. The average molecular weight is 379 g/mol. The third kappa shape index (κ3) is 5.41. The molecule has 0 bridgehead atoms. The number of ether oxygens (including phenoxy) is 2. The van der Waals surface area contributed by atoms with Crippen LogP contribution in [0.4, 0.5) is 0 Å². The van der Waals surface area contributed by atoms with Crippen LogP contribution in [0.2, 0.25) is 5.02 Å². The molecule has 0 heterocycles. The fraction of sp³-hybridized carbons (Fsp3) is 0.222. The van der Waals surface area contributed by atoms with Crippen LogP contribution in [-0.4, -0.2) is 32.6 Å². The van der Waals surface area contributed by atoms with E-state index in [0.29, 0.717) is 16.5 Å². The quantitative estimate of drug-likeness (QED) is 0.452. The van der Waals surface area contributed by atoms with Crippen molar-refractivity contribution in [3.05, 3.63) is 52.5 Å². The van der Waals surface area contributed by atoms with E-state index in [2.05, 4.69) is 10.5 Å². The van der Waals surface area contributed by atoms with E-state index < -0.39 is 0 Å². The number of amides is 1. The van der Waals surface area contributed by atoms with Crippen LogP contribution in [0.25, 0.3) is 0 Å². The molecule has 132 valence electrons. The monoisotopic (exact) mass is 378 g/mol. The first-order chi connectivity index (χ1) is 12.1. The molecule has 5 nitrogen and oxygen atoms in total. The molecule has 0 aromatic heterocycles. The van der Waals surface area contributed by atoms with E-state index in [-0.39, 0.29) is 12.3 Å². The molecule has 2 rings (SSSR count). The summed E-state index contributed by atoms with van der Waals surface area (Å²) in [6.07, 6.45) is 3.72. The van der Waals surface area contributed by atoms with E-state index >= 15 is 0 Å².